The Morgan fingerprint density at radius 1 is 1.29 bits per heavy atom. The maximum Gasteiger partial charge on any atom is 0.226 e. The van der Waals surface area contributed by atoms with Crippen molar-refractivity contribution >= 4 is 0 Å². The predicted octanol–water partition coefficient (Wildman–Crippen LogP) is 3.58. The first-order chi connectivity index (χ1) is 11.6. The van der Waals surface area contributed by atoms with Gasteiger partial charge in [0.15, 0.2) is 0 Å². The van der Waals surface area contributed by atoms with Crippen LogP contribution in [0.2, 0.25) is 0 Å². The molecule has 0 spiro atoms. The van der Waals surface area contributed by atoms with Gasteiger partial charge >= 0.3 is 0 Å². The molecule has 3 rings (SSSR count). The van der Waals surface area contributed by atoms with E-state index in [0.717, 1.165) is 54.4 Å². The third kappa shape index (κ3) is 3.62. The molecule has 0 N–H and O–H groups in total. The minimum absolute atomic E-state index is 0.328. The van der Waals surface area contributed by atoms with Crippen LogP contribution in [-0.2, 0) is 11.3 Å². The third-order valence-corrected chi connectivity index (χ3v) is 4.70. The van der Waals surface area contributed by atoms with Gasteiger partial charge in [-0.1, -0.05) is 0 Å². The Hall–Kier alpha value is -1.85. The Kier molecular flexibility index (Phi) is 5.21. The molecule has 2 heterocycles. The fraction of sp³-hybridized carbons (Fsp3) is 0.526. The average molecular weight is 330 g/mol. The molecule has 0 unspecified atom stereocenters. The van der Waals surface area contributed by atoms with Crippen molar-refractivity contribution in [3.8, 4) is 17.2 Å². The number of rotatable bonds is 5. The molecule has 1 aromatic heterocycles. The fourth-order valence-electron chi connectivity index (χ4n) is 3.27. The summed E-state index contributed by atoms with van der Waals surface area (Å²) >= 11 is 0. The van der Waals surface area contributed by atoms with Gasteiger partial charge in [-0.3, -0.25) is 4.90 Å². The molecule has 1 aliphatic rings. The van der Waals surface area contributed by atoms with Crippen molar-refractivity contribution < 1.29 is 13.9 Å². The van der Waals surface area contributed by atoms with Gasteiger partial charge in [-0.2, -0.15) is 0 Å². The second-order valence-corrected chi connectivity index (χ2v) is 6.44. The lowest BCUT2D eigenvalue weighted by atomic mass is 10.1. The zero-order valence-corrected chi connectivity index (χ0v) is 15.0. The summed E-state index contributed by atoms with van der Waals surface area (Å²) in [5.74, 6) is 2.44. The molecule has 1 saturated heterocycles. The first-order valence-corrected chi connectivity index (χ1v) is 8.47. The van der Waals surface area contributed by atoms with Crippen LogP contribution >= 0.6 is 0 Å². The average Bonchev–Trinajstić information content (AvgIpc) is 2.95. The van der Waals surface area contributed by atoms with E-state index in [1.807, 2.05) is 26.0 Å². The summed E-state index contributed by atoms with van der Waals surface area (Å²) in [4.78, 5) is 7.13. The molecule has 0 bridgehead atoms. The van der Waals surface area contributed by atoms with Crippen LogP contribution in [0.3, 0.4) is 0 Å². The van der Waals surface area contributed by atoms with Gasteiger partial charge in [0.1, 0.15) is 11.5 Å². The number of hydrogen-bond acceptors (Lipinski definition) is 5. The lowest BCUT2D eigenvalue weighted by molar-refractivity contribution is 0.0280. The minimum atomic E-state index is 0.328. The number of oxazole rings is 1. The van der Waals surface area contributed by atoms with Crippen LogP contribution in [0.25, 0.3) is 11.5 Å². The van der Waals surface area contributed by atoms with E-state index in [4.69, 9.17) is 18.9 Å². The largest absolute Gasteiger partial charge is 0.496 e. The summed E-state index contributed by atoms with van der Waals surface area (Å²) in [6.07, 6.45) is 2.64. The van der Waals surface area contributed by atoms with Crippen molar-refractivity contribution in [2.24, 2.45) is 0 Å². The van der Waals surface area contributed by atoms with E-state index in [1.165, 1.54) is 6.42 Å². The fourth-order valence-corrected chi connectivity index (χ4v) is 3.27. The number of aryl methyl sites for hydroxylation is 2. The highest BCUT2D eigenvalue weighted by Crippen LogP contribution is 2.27. The van der Waals surface area contributed by atoms with Gasteiger partial charge in [-0.05, 0) is 57.0 Å². The van der Waals surface area contributed by atoms with E-state index < -0.39 is 0 Å². The zero-order valence-electron chi connectivity index (χ0n) is 15.0. The van der Waals surface area contributed by atoms with E-state index in [1.54, 1.807) is 14.2 Å². The monoisotopic (exact) mass is 330 g/mol. The quantitative estimate of drug-likeness (QED) is 0.838. The smallest absolute Gasteiger partial charge is 0.226 e. The topological polar surface area (TPSA) is 47.7 Å². The Morgan fingerprint density at radius 3 is 2.83 bits per heavy atom. The van der Waals surface area contributed by atoms with Crippen molar-refractivity contribution in [1.29, 1.82) is 0 Å². The van der Waals surface area contributed by atoms with Crippen LogP contribution in [0.1, 0.15) is 29.9 Å². The van der Waals surface area contributed by atoms with Gasteiger partial charge in [-0.25, -0.2) is 4.98 Å². The standard InChI is InChI=1S/C19H26N2O3/c1-13-10-15(7-8-18(13)23-4)19-20-17(14(2)24-19)12-21-9-5-6-16(11-21)22-3/h7-8,10,16H,5-6,9,11-12H2,1-4H3/t16-/m0/s1. The molecular formula is C19H26N2O3. The molecule has 0 aliphatic carbocycles. The number of likely N-dealkylation sites (tertiary alicyclic amines) is 1. The molecule has 5 heteroatoms. The molecule has 1 atom stereocenters. The Bertz CT molecular complexity index is 696. The van der Waals surface area contributed by atoms with Crippen molar-refractivity contribution in [3.05, 3.63) is 35.2 Å². The van der Waals surface area contributed by atoms with E-state index in [2.05, 4.69) is 11.0 Å². The van der Waals surface area contributed by atoms with E-state index in [-0.39, 0.29) is 0 Å². The number of aromatic nitrogens is 1. The van der Waals surface area contributed by atoms with Crippen LogP contribution in [0.15, 0.2) is 22.6 Å². The van der Waals surface area contributed by atoms with E-state index in [9.17, 15) is 0 Å². The summed E-state index contributed by atoms with van der Waals surface area (Å²) in [7, 11) is 3.47. The second kappa shape index (κ2) is 7.36. The van der Waals surface area contributed by atoms with Gasteiger partial charge in [0, 0.05) is 25.8 Å². The molecule has 130 valence electrons. The molecule has 1 aliphatic heterocycles. The van der Waals surface area contributed by atoms with Crippen LogP contribution < -0.4 is 4.74 Å². The first-order valence-electron chi connectivity index (χ1n) is 8.47. The highest BCUT2D eigenvalue weighted by molar-refractivity contribution is 5.57. The maximum atomic E-state index is 5.91. The van der Waals surface area contributed by atoms with Crippen LogP contribution in [0.4, 0.5) is 0 Å². The molecule has 0 saturated carbocycles. The molecule has 1 fully saturated rings. The van der Waals surface area contributed by atoms with Crippen molar-refractivity contribution in [2.45, 2.75) is 39.3 Å². The van der Waals surface area contributed by atoms with Crippen LogP contribution in [0, 0.1) is 13.8 Å². The number of nitrogens with zero attached hydrogens (tertiary/aromatic N) is 2. The highest BCUT2D eigenvalue weighted by atomic mass is 16.5. The van der Waals surface area contributed by atoms with Gasteiger partial charge in [0.05, 0.1) is 18.9 Å². The molecule has 0 amide bonds. The van der Waals surface area contributed by atoms with Gasteiger partial charge in [0.25, 0.3) is 0 Å². The summed E-state index contributed by atoms with van der Waals surface area (Å²) in [6.45, 7) is 6.87. The molecule has 5 nitrogen and oxygen atoms in total. The Labute approximate surface area is 143 Å². The third-order valence-electron chi connectivity index (χ3n) is 4.70. The molecule has 2 aromatic rings. The van der Waals surface area contributed by atoms with E-state index in [0.29, 0.717) is 12.0 Å². The first kappa shape index (κ1) is 17.0. The van der Waals surface area contributed by atoms with Gasteiger partial charge < -0.3 is 13.9 Å². The molecule has 1 aromatic carbocycles. The zero-order chi connectivity index (χ0) is 17.1. The summed E-state index contributed by atoms with van der Waals surface area (Å²) < 4.78 is 16.7. The van der Waals surface area contributed by atoms with E-state index >= 15 is 0 Å². The highest BCUT2D eigenvalue weighted by Gasteiger charge is 2.22. The van der Waals surface area contributed by atoms with Crippen molar-refractivity contribution in [3.63, 3.8) is 0 Å². The number of hydrogen-bond donors (Lipinski definition) is 0. The van der Waals surface area contributed by atoms with Crippen LogP contribution in [-0.4, -0.2) is 43.3 Å². The Morgan fingerprint density at radius 2 is 2.12 bits per heavy atom. The number of ether oxygens (including phenoxy) is 2. The number of piperidine rings is 1. The number of benzene rings is 1. The van der Waals surface area contributed by atoms with Gasteiger partial charge in [-0.15, -0.1) is 0 Å². The number of methoxy groups -OCH3 is 2. The lowest BCUT2D eigenvalue weighted by Gasteiger charge is -2.31. The lowest BCUT2D eigenvalue weighted by Crippen LogP contribution is -2.38. The second-order valence-electron chi connectivity index (χ2n) is 6.44. The SMILES string of the molecule is COc1ccc(-c2nc(CN3CCC[C@H](OC)C3)c(C)o2)cc1C. The normalized spacial score (nSPS) is 18.8. The minimum Gasteiger partial charge on any atom is -0.496 e. The molecular weight excluding hydrogens is 304 g/mol. The predicted molar refractivity (Wildman–Crippen MR) is 93.3 cm³/mol. The summed E-state index contributed by atoms with van der Waals surface area (Å²) in [6, 6.07) is 6.00. The van der Waals surface area contributed by atoms with Gasteiger partial charge in [0.2, 0.25) is 5.89 Å². The van der Waals surface area contributed by atoms with Crippen molar-refractivity contribution in [1.82, 2.24) is 9.88 Å². The van der Waals surface area contributed by atoms with Crippen molar-refractivity contribution in [2.75, 3.05) is 27.3 Å². The summed E-state index contributed by atoms with van der Waals surface area (Å²) in [5.41, 5.74) is 3.07. The maximum absolute atomic E-state index is 5.91. The molecule has 0 radical (unpaired) electrons. The molecule has 24 heavy (non-hydrogen) atoms. The summed E-state index contributed by atoms with van der Waals surface area (Å²) in [5, 5.41) is 0. The van der Waals surface area contributed by atoms with Crippen LogP contribution in [0.5, 0.6) is 5.75 Å². The Balaban J connectivity index is 1.76.